The molecule has 1 aliphatic rings. The van der Waals surface area contributed by atoms with Crippen molar-refractivity contribution in [2.45, 2.75) is 16.2 Å². The van der Waals surface area contributed by atoms with Gasteiger partial charge in [0.1, 0.15) is 0 Å². The van der Waals surface area contributed by atoms with E-state index in [-0.39, 0.29) is 5.91 Å². The Hall–Kier alpha value is -3.38. The van der Waals surface area contributed by atoms with Gasteiger partial charge >= 0.3 is 0 Å². The number of rotatable bonds is 8. The SMILES string of the molecule is COc1cccc(/C=C/C(=O)NCCCN2c3ccccc3Sc3ccccc32)c1OC. The third-order valence-electron chi connectivity index (χ3n) is 5.24. The number of para-hydroxylation sites is 3. The zero-order valence-electron chi connectivity index (χ0n) is 18.2. The molecular formula is C26H26N2O3S. The first-order valence-electron chi connectivity index (χ1n) is 10.5. The van der Waals surface area contributed by atoms with Crippen LogP contribution in [-0.2, 0) is 4.79 Å². The summed E-state index contributed by atoms with van der Waals surface area (Å²) in [6.45, 7) is 1.41. The lowest BCUT2D eigenvalue weighted by molar-refractivity contribution is -0.116. The summed E-state index contributed by atoms with van der Waals surface area (Å²) in [6, 6.07) is 22.5. The number of carbonyl (C=O) groups is 1. The Labute approximate surface area is 193 Å². The van der Waals surface area contributed by atoms with Gasteiger partial charge in [-0.25, -0.2) is 0 Å². The van der Waals surface area contributed by atoms with Crippen LogP contribution in [0.25, 0.3) is 6.08 Å². The number of carbonyl (C=O) groups excluding carboxylic acids is 1. The minimum atomic E-state index is -0.134. The molecule has 0 aliphatic carbocycles. The number of nitrogens with zero attached hydrogens (tertiary/aromatic N) is 1. The maximum atomic E-state index is 12.3. The minimum absolute atomic E-state index is 0.134. The predicted octanol–water partition coefficient (Wildman–Crippen LogP) is 5.53. The second-order valence-electron chi connectivity index (χ2n) is 7.25. The van der Waals surface area contributed by atoms with E-state index in [1.54, 1.807) is 32.1 Å². The summed E-state index contributed by atoms with van der Waals surface area (Å²) in [4.78, 5) is 17.2. The second kappa shape index (κ2) is 10.3. The summed E-state index contributed by atoms with van der Waals surface area (Å²) >= 11 is 1.80. The van der Waals surface area contributed by atoms with Crippen LogP contribution >= 0.6 is 11.8 Å². The van der Waals surface area contributed by atoms with E-state index >= 15 is 0 Å². The van der Waals surface area contributed by atoms with Crippen molar-refractivity contribution in [1.82, 2.24) is 5.32 Å². The molecular weight excluding hydrogens is 420 g/mol. The van der Waals surface area contributed by atoms with Crippen LogP contribution in [0, 0.1) is 0 Å². The van der Waals surface area contributed by atoms with Crippen molar-refractivity contribution < 1.29 is 14.3 Å². The molecule has 0 radical (unpaired) electrons. The van der Waals surface area contributed by atoms with E-state index < -0.39 is 0 Å². The number of amides is 1. The lowest BCUT2D eigenvalue weighted by Gasteiger charge is -2.32. The number of ether oxygens (including phenoxy) is 2. The zero-order chi connectivity index (χ0) is 22.3. The number of benzene rings is 3. The first-order chi connectivity index (χ1) is 15.7. The molecule has 0 bridgehead atoms. The van der Waals surface area contributed by atoms with Crippen LogP contribution in [0.5, 0.6) is 11.5 Å². The van der Waals surface area contributed by atoms with Gasteiger partial charge in [0, 0.05) is 34.5 Å². The van der Waals surface area contributed by atoms with Crippen LogP contribution in [0.3, 0.4) is 0 Å². The Balaban J connectivity index is 1.35. The summed E-state index contributed by atoms with van der Waals surface area (Å²) in [5, 5.41) is 2.98. The third-order valence-corrected chi connectivity index (χ3v) is 6.37. The Bertz CT molecular complexity index is 1080. The Morgan fingerprint density at radius 3 is 2.28 bits per heavy atom. The highest BCUT2D eigenvalue weighted by Gasteiger charge is 2.22. The molecule has 0 aromatic heterocycles. The fourth-order valence-electron chi connectivity index (χ4n) is 3.74. The normalized spacial score (nSPS) is 12.2. The molecule has 3 aromatic carbocycles. The molecule has 0 saturated heterocycles. The molecule has 0 saturated carbocycles. The number of methoxy groups -OCH3 is 2. The molecule has 3 aromatic rings. The van der Waals surface area contributed by atoms with Crippen molar-refractivity contribution in [1.29, 1.82) is 0 Å². The Morgan fingerprint density at radius 1 is 0.938 bits per heavy atom. The average molecular weight is 447 g/mol. The molecule has 6 heteroatoms. The van der Waals surface area contributed by atoms with E-state index in [2.05, 4.69) is 58.7 Å². The summed E-state index contributed by atoms with van der Waals surface area (Å²) in [7, 11) is 3.18. The molecule has 32 heavy (non-hydrogen) atoms. The number of fused-ring (bicyclic) bond motifs is 2. The van der Waals surface area contributed by atoms with E-state index in [1.807, 2.05) is 18.2 Å². The molecule has 0 atom stereocenters. The predicted molar refractivity (Wildman–Crippen MR) is 130 cm³/mol. The molecule has 4 rings (SSSR count). The average Bonchev–Trinajstić information content (AvgIpc) is 2.84. The van der Waals surface area contributed by atoms with E-state index in [0.717, 1.165) is 18.5 Å². The molecule has 1 heterocycles. The molecule has 0 fully saturated rings. The molecule has 0 unspecified atom stereocenters. The molecule has 5 nitrogen and oxygen atoms in total. The first kappa shape index (κ1) is 21.8. The lowest BCUT2D eigenvalue weighted by Crippen LogP contribution is -2.28. The largest absolute Gasteiger partial charge is 0.493 e. The molecule has 164 valence electrons. The molecule has 0 spiro atoms. The highest BCUT2D eigenvalue weighted by Crippen LogP contribution is 2.47. The first-order valence-corrected chi connectivity index (χ1v) is 11.3. The van der Waals surface area contributed by atoms with Crippen molar-refractivity contribution in [3.63, 3.8) is 0 Å². The number of hydrogen-bond donors (Lipinski definition) is 1. The molecule has 1 aliphatic heterocycles. The van der Waals surface area contributed by atoms with Crippen LogP contribution in [0.15, 0.2) is 82.6 Å². The zero-order valence-corrected chi connectivity index (χ0v) is 19.0. The second-order valence-corrected chi connectivity index (χ2v) is 8.33. The minimum Gasteiger partial charge on any atom is -0.493 e. The topological polar surface area (TPSA) is 50.8 Å². The van der Waals surface area contributed by atoms with E-state index in [0.29, 0.717) is 18.0 Å². The van der Waals surface area contributed by atoms with Crippen LogP contribution < -0.4 is 19.7 Å². The van der Waals surface area contributed by atoms with Crippen molar-refractivity contribution in [3.05, 3.63) is 78.4 Å². The highest BCUT2D eigenvalue weighted by atomic mass is 32.2. The van der Waals surface area contributed by atoms with Crippen LogP contribution in [-0.4, -0.2) is 33.2 Å². The van der Waals surface area contributed by atoms with Crippen LogP contribution in [0.4, 0.5) is 11.4 Å². The Morgan fingerprint density at radius 2 is 1.62 bits per heavy atom. The highest BCUT2D eigenvalue weighted by molar-refractivity contribution is 7.99. The third kappa shape index (κ3) is 4.75. The summed E-state index contributed by atoms with van der Waals surface area (Å²) in [5.74, 6) is 1.11. The van der Waals surface area contributed by atoms with E-state index in [1.165, 1.54) is 27.2 Å². The van der Waals surface area contributed by atoms with Gasteiger partial charge in [0.15, 0.2) is 11.5 Å². The standard InChI is InChI=1S/C26H26N2O3S/c1-30-22-12-7-9-19(26(22)31-2)15-16-25(29)27-17-8-18-28-20-10-3-5-13-23(20)32-24-14-6-4-11-21(24)28/h3-7,9-16H,8,17-18H2,1-2H3,(H,27,29)/b16-15+. The van der Waals surface area contributed by atoms with E-state index in [4.69, 9.17) is 9.47 Å². The quantitative estimate of drug-likeness (QED) is 0.364. The smallest absolute Gasteiger partial charge is 0.244 e. The van der Waals surface area contributed by atoms with Gasteiger partial charge in [-0.3, -0.25) is 4.79 Å². The van der Waals surface area contributed by atoms with Gasteiger partial charge in [-0.15, -0.1) is 0 Å². The molecule has 1 amide bonds. The fraction of sp³-hybridized carbons (Fsp3) is 0.192. The van der Waals surface area contributed by atoms with Crippen molar-refractivity contribution in [3.8, 4) is 11.5 Å². The monoisotopic (exact) mass is 446 g/mol. The summed E-state index contributed by atoms with van der Waals surface area (Å²) in [5.41, 5.74) is 3.22. The Kier molecular flexibility index (Phi) is 7.02. The van der Waals surface area contributed by atoms with Crippen molar-refractivity contribution >= 4 is 35.1 Å². The van der Waals surface area contributed by atoms with E-state index in [9.17, 15) is 4.79 Å². The maximum Gasteiger partial charge on any atom is 0.244 e. The fourth-order valence-corrected chi connectivity index (χ4v) is 4.83. The van der Waals surface area contributed by atoms with Crippen LogP contribution in [0.1, 0.15) is 12.0 Å². The summed E-state index contributed by atoms with van der Waals surface area (Å²) < 4.78 is 10.7. The van der Waals surface area contributed by atoms with Crippen molar-refractivity contribution in [2.24, 2.45) is 0 Å². The van der Waals surface area contributed by atoms with Gasteiger partial charge in [0.25, 0.3) is 0 Å². The van der Waals surface area contributed by atoms with Gasteiger partial charge in [0.05, 0.1) is 25.6 Å². The van der Waals surface area contributed by atoms with Crippen molar-refractivity contribution in [2.75, 3.05) is 32.2 Å². The lowest BCUT2D eigenvalue weighted by atomic mass is 10.1. The number of anilines is 2. The maximum absolute atomic E-state index is 12.3. The van der Waals surface area contributed by atoms with Gasteiger partial charge < -0.3 is 19.7 Å². The number of hydrogen-bond acceptors (Lipinski definition) is 5. The molecule has 1 N–H and O–H groups in total. The van der Waals surface area contributed by atoms with Gasteiger partial charge in [0.2, 0.25) is 5.91 Å². The van der Waals surface area contributed by atoms with Gasteiger partial charge in [-0.1, -0.05) is 48.2 Å². The number of nitrogens with one attached hydrogen (secondary N) is 1. The summed E-state index contributed by atoms with van der Waals surface area (Å²) in [6.07, 6.45) is 4.10. The van der Waals surface area contributed by atoms with Gasteiger partial charge in [-0.2, -0.15) is 0 Å². The van der Waals surface area contributed by atoms with Gasteiger partial charge in [-0.05, 0) is 42.8 Å². The van der Waals surface area contributed by atoms with Crippen LogP contribution in [0.2, 0.25) is 0 Å².